The van der Waals surface area contributed by atoms with Crippen LogP contribution < -0.4 is 15.4 Å². The second-order valence-corrected chi connectivity index (χ2v) is 4.02. The number of hydrogen-bond donors (Lipinski definition) is 1. The molecule has 0 radical (unpaired) electrons. The van der Waals surface area contributed by atoms with Crippen molar-refractivity contribution in [1.82, 2.24) is 9.97 Å². The molecule has 0 aromatic carbocycles. The predicted octanol–water partition coefficient (Wildman–Crippen LogP) is 0.867. The summed E-state index contributed by atoms with van der Waals surface area (Å²) in [6.45, 7) is 0.894. The molecule has 1 aromatic rings. The normalized spacial score (nSPS) is 10.1. The van der Waals surface area contributed by atoms with Gasteiger partial charge < -0.3 is 15.4 Å². The number of nitrogens with zero attached hydrogens (tertiary/aromatic N) is 3. The van der Waals surface area contributed by atoms with Crippen LogP contribution in [0.5, 0.6) is 5.88 Å². The molecule has 0 amide bonds. The van der Waals surface area contributed by atoms with Gasteiger partial charge in [-0.25, -0.2) is 4.98 Å². The lowest BCUT2D eigenvalue weighted by Crippen LogP contribution is -2.22. The number of ether oxygens (including phenoxy) is 1. The molecule has 0 aliphatic rings. The molecule has 84 valence electrons. The monoisotopic (exact) mass is 228 g/mol. The summed E-state index contributed by atoms with van der Waals surface area (Å²) in [4.78, 5) is 10.1. The van der Waals surface area contributed by atoms with Crippen molar-refractivity contribution < 1.29 is 4.74 Å². The van der Waals surface area contributed by atoms with Crippen LogP contribution in [0.1, 0.15) is 0 Å². The Balaban J connectivity index is 2.83. The van der Waals surface area contributed by atoms with E-state index in [1.165, 1.54) is 6.33 Å². The van der Waals surface area contributed by atoms with E-state index in [9.17, 15) is 0 Å². The fourth-order valence-corrected chi connectivity index (χ4v) is 1.63. The average Bonchev–Trinajstić information content (AvgIpc) is 2.26. The van der Waals surface area contributed by atoms with Crippen LogP contribution in [0.2, 0.25) is 0 Å². The minimum atomic E-state index is 0.427. The summed E-state index contributed by atoms with van der Waals surface area (Å²) in [5.74, 6) is 2.18. The van der Waals surface area contributed by atoms with E-state index in [0.29, 0.717) is 11.6 Å². The van der Waals surface area contributed by atoms with E-state index in [4.69, 9.17) is 10.5 Å². The second kappa shape index (κ2) is 5.65. The Morgan fingerprint density at radius 3 is 2.87 bits per heavy atom. The Bertz CT molecular complexity index is 321. The molecular weight excluding hydrogens is 212 g/mol. The first-order chi connectivity index (χ1) is 7.20. The zero-order valence-electron chi connectivity index (χ0n) is 9.23. The molecule has 0 aliphatic carbocycles. The minimum absolute atomic E-state index is 0.427. The smallest absolute Gasteiger partial charge is 0.242 e. The fourth-order valence-electron chi connectivity index (χ4n) is 1.17. The van der Waals surface area contributed by atoms with Crippen molar-refractivity contribution in [1.29, 1.82) is 0 Å². The van der Waals surface area contributed by atoms with E-state index in [1.807, 2.05) is 11.9 Å². The van der Waals surface area contributed by atoms with Crippen molar-refractivity contribution in [2.75, 3.05) is 43.3 Å². The molecule has 1 heterocycles. The number of nitrogens with two attached hydrogens (primary N) is 1. The maximum absolute atomic E-state index is 5.87. The van der Waals surface area contributed by atoms with Gasteiger partial charge in [-0.1, -0.05) is 0 Å². The van der Waals surface area contributed by atoms with Crippen LogP contribution >= 0.6 is 11.8 Å². The van der Waals surface area contributed by atoms with Crippen LogP contribution in [-0.4, -0.2) is 42.7 Å². The van der Waals surface area contributed by atoms with E-state index in [-0.39, 0.29) is 0 Å². The molecule has 0 bridgehead atoms. The van der Waals surface area contributed by atoms with Crippen molar-refractivity contribution in [3.63, 3.8) is 0 Å². The molecule has 0 saturated carbocycles. The molecule has 1 rings (SSSR count). The molecular formula is C9H16N4OS. The number of methoxy groups -OCH3 is 1. The van der Waals surface area contributed by atoms with E-state index in [0.717, 1.165) is 18.1 Å². The molecule has 0 atom stereocenters. The van der Waals surface area contributed by atoms with Gasteiger partial charge in [0.25, 0.3) is 0 Å². The number of anilines is 2. The zero-order chi connectivity index (χ0) is 11.3. The molecule has 0 fully saturated rings. The van der Waals surface area contributed by atoms with E-state index in [1.54, 1.807) is 18.9 Å². The number of thioether (sulfide) groups is 1. The quantitative estimate of drug-likeness (QED) is 0.806. The van der Waals surface area contributed by atoms with Crippen molar-refractivity contribution in [2.45, 2.75) is 0 Å². The first-order valence-corrected chi connectivity index (χ1v) is 5.94. The SMILES string of the molecule is COc1ncnc(N(C)CCSC)c1N. The summed E-state index contributed by atoms with van der Waals surface area (Å²) in [6, 6.07) is 0. The average molecular weight is 228 g/mol. The lowest BCUT2D eigenvalue weighted by atomic mass is 10.4. The van der Waals surface area contributed by atoms with Crippen LogP contribution in [0, 0.1) is 0 Å². The van der Waals surface area contributed by atoms with E-state index >= 15 is 0 Å². The van der Waals surface area contributed by atoms with Crippen LogP contribution in [0.15, 0.2) is 6.33 Å². The third-order valence-electron chi connectivity index (χ3n) is 2.01. The molecule has 15 heavy (non-hydrogen) atoms. The summed E-state index contributed by atoms with van der Waals surface area (Å²) in [5, 5.41) is 0. The molecule has 6 heteroatoms. The first kappa shape index (κ1) is 11.9. The third kappa shape index (κ3) is 2.89. The predicted molar refractivity (Wildman–Crippen MR) is 64.6 cm³/mol. The maximum Gasteiger partial charge on any atom is 0.242 e. The first-order valence-electron chi connectivity index (χ1n) is 4.55. The van der Waals surface area contributed by atoms with Crippen LogP contribution in [0.3, 0.4) is 0 Å². The maximum atomic E-state index is 5.87. The van der Waals surface area contributed by atoms with Gasteiger partial charge in [-0.15, -0.1) is 0 Å². The molecule has 0 unspecified atom stereocenters. The minimum Gasteiger partial charge on any atom is -0.479 e. The fraction of sp³-hybridized carbons (Fsp3) is 0.556. The summed E-state index contributed by atoms with van der Waals surface area (Å²) in [6.07, 6.45) is 3.53. The second-order valence-electron chi connectivity index (χ2n) is 3.03. The summed E-state index contributed by atoms with van der Waals surface area (Å²) in [5.41, 5.74) is 6.36. The van der Waals surface area contributed by atoms with Gasteiger partial charge in [0.1, 0.15) is 12.0 Å². The molecule has 1 aromatic heterocycles. The Morgan fingerprint density at radius 1 is 1.53 bits per heavy atom. The van der Waals surface area contributed by atoms with Gasteiger partial charge in [0.2, 0.25) is 5.88 Å². The van der Waals surface area contributed by atoms with Gasteiger partial charge in [-0.2, -0.15) is 16.7 Å². The highest BCUT2D eigenvalue weighted by molar-refractivity contribution is 7.98. The largest absolute Gasteiger partial charge is 0.479 e. The summed E-state index contributed by atoms with van der Waals surface area (Å²) >= 11 is 1.78. The van der Waals surface area contributed by atoms with E-state index < -0.39 is 0 Å². The summed E-state index contributed by atoms with van der Waals surface area (Å²) < 4.78 is 5.03. The van der Waals surface area contributed by atoms with Crippen molar-refractivity contribution >= 4 is 23.3 Å². The Kier molecular flexibility index (Phi) is 4.48. The van der Waals surface area contributed by atoms with Gasteiger partial charge in [-0.05, 0) is 6.26 Å². The molecule has 0 spiro atoms. The van der Waals surface area contributed by atoms with Gasteiger partial charge >= 0.3 is 0 Å². The molecule has 2 N–H and O–H groups in total. The highest BCUT2D eigenvalue weighted by Crippen LogP contribution is 2.26. The lowest BCUT2D eigenvalue weighted by Gasteiger charge is -2.19. The Hall–Kier alpha value is -1.17. The van der Waals surface area contributed by atoms with Gasteiger partial charge in [0, 0.05) is 19.3 Å². The van der Waals surface area contributed by atoms with Crippen molar-refractivity contribution in [3.05, 3.63) is 6.33 Å². The van der Waals surface area contributed by atoms with Crippen LogP contribution in [0.25, 0.3) is 0 Å². The van der Waals surface area contributed by atoms with Crippen molar-refractivity contribution in [3.8, 4) is 5.88 Å². The van der Waals surface area contributed by atoms with Gasteiger partial charge in [0.05, 0.1) is 7.11 Å². The molecule has 0 saturated heterocycles. The highest BCUT2D eigenvalue weighted by Gasteiger charge is 2.11. The Labute approximate surface area is 94.0 Å². The number of aromatic nitrogens is 2. The summed E-state index contributed by atoms with van der Waals surface area (Å²) in [7, 11) is 3.50. The lowest BCUT2D eigenvalue weighted by molar-refractivity contribution is 0.399. The topological polar surface area (TPSA) is 64.3 Å². The zero-order valence-corrected chi connectivity index (χ0v) is 10.0. The Morgan fingerprint density at radius 2 is 2.27 bits per heavy atom. The third-order valence-corrected chi connectivity index (χ3v) is 2.60. The van der Waals surface area contributed by atoms with Crippen LogP contribution in [-0.2, 0) is 0 Å². The number of hydrogen-bond acceptors (Lipinski definition) is 6. The van der Waals surface area contributed by atoms with Gasteiger partial charge in [-0.3, -0.25) is 0 Å². The molecule has 0 aliphatic heterocycles. The van der Waals surface area contributed by atoms with Gasteiger partial charge in [0.15, 0.2) is 5.82 Å². The number of nitrogen functional groups attached to an aromatic ring is 1. The van der Waals surface area contributed by atoms with Crippen LogP contribution in [0.4, 0.5) is 11.5 Å². The van der Waals surface area contributed by atoms with Crippen molar-refractivity contribution in [2.24, 2.45) is 0 Å². The molecule has 5 nitrogen and oxygen atoms in total. The van der Waals surface area contributed by atoms with E-state index in [2.05, 4.69) is 16.2 Å². The highest BCUT2D eigenvalue weighted by atomic mass is 32.2. The number of rotatable bonds is 5. The standard InChI is InChI=1S/C9H16N4OS/c1-13(4-5-15-3)8-7(10)9(14-2)12-6-11-8/h6H,4-5,10H2,1-3H3.